The van der Waals surface area contributed by atoms with Crippen molar-refractivity contribution in [2.24, 2.45) is 0 Å². The minimum absolute atomic E-state index is 0.112. The zero-order valence-corrected chi connectivity index (χ0v) is 16.4. The molecule has 2 N–H and O–H groups in total. The maximum Gasteiger partial charge on any atom is 0.261 e. The van der Waals surface area contributed by atoms with E-state index < -0.39 is 21.7 Å². The Hall–Kier alpha value is -2.61. The molecule has 28 heavy (non-hydrogen) atoms. The lowest BCUT2D eigenvalue weighted by Crippen LogP contribution is -2.16. The van der Waals surface area contributed by atoms with Gasteiger partial charge in [-0.05, 0) is 60.7 Å². The van der Waals surface area contributed by atoms with Crippen molar-refractivity contribution in [1.82, 2.24) is 0 Å². The molecule has 3 aromatic rings. The molecule has 0 spiro atoms. The number of benzene rings is 3. The molecule has 1 amide bonds. The van der Waals surface area contributed by atoms with Gasteiger partial charge in [-0.3, -0.25) is 9.52 Å². The van der Waals surface area contributed by atoms with E-state index in [0.29, 0.717) is 10.7 Å². The van der Waals surface area contributed by atoms with Gasteiger partial charge in [0.05, 0.1) is 14.9 Å². The summed E-state index contributed by atoms with van der Waals surface area (Å²) in [6.07, 6.45) is 0. The first-order chi connectivity index (χ1) is 13.2. The molecule has 3 aromatic carbocycles. The van der Waals surface area contributed by atoms with Crippen LogP contribution in [0.25, 0.3) is 0 Å². The predicted octanol–water partition coefficient (Wildman–Crippen LogP) is 5.19. The van der Waals surface area contributed by atoms with Crippen molar-refractivity contribution >= 4 is 50.5 Å². The van der Waals surface area contributed by atoms with E-state index in [0.717, 1.165) is 12.1 Å². The van der Waals surface area contributed by atoms with Crippen molar-refractivity contribution in [3.8, 4) is 0 Å². The van der Waals surface area contributed by atoms with Gasteiger partial charge in [0.15, 0.2) is 0 Å². The molecule has 144 valence electrons. The molecule has 5 nitrogen and oxygen atoms in total. The van der Waals surface area contributed by atoms with Crippen LogP contribution in [-0.2, 0) is 10.0 Å². The molecule has 9 heteroatoms. The SMILES string of the molecule is O=C(Nc1ccc(Cl)c(Cl)c1)c1cccc(S(=O)(=O)Nc2ccc(F)cc2)c1. The number of halogens is 3. The lowest BCUT2D eigenvalue weighted by Gasteiger charge is -2.10. The summed E-state index contributed by atoms with van der Waals surface area (Å²) in [5.41, 5.74) is 0.747. The summed E-state index contributed by atoms with van der Waals surface area (Å²) in [7, 11) is -3.96. The Bertz CT molecular complexity index is 1140. The Kier molecular flexibility index (Phi) is 5.88. The van der Waals surface area contributed by atoms with E-state index in [4.69, 9.17) is 23.2 Å². The first-order valence-electron chi connectivity index (χ1n) is 7.89. The van der Waals surface area contributed by atoms with E-state index in [-0.39, 0.29) is 21.2 Å². The van der Waals surface area contributed by atoms with Crippen molar-refractivity contribution in [2.45, 2.75) is 4.90 Å². The molecule has 0 heterocycles. The second-order valence-corrected chi connectivity index (χ2v) is 8.22. The van der Waals surface area contributed by atoms with E-state index in [1.165, 1.54) is 48.5 Å². The van der Waals surface area contributed by atoms with E-state index in [2.05, 4.69) is 10.0 Å². The van der Waals surface area contributed by atoms with Crippen molar-refractivity contribution < 1.29 is 17.6 Å². The van der Waals surface area contributed by atoms with Crippen LogP contribution in [0.5, 0.6) is 0 Å². The fourth-order valence-electron chi connectivity index (χ4n) is 2.31. The zero-order valence-electron chi connectivity index (χ0n) is 14.1. The van der Waals surface area contributed by atoms with Gasteiger partial charge in [0.25, 0.3) is 15.9 Å². The zero-order chi connectivity index (χ0) is 20.3. The molecule has 0 saturated heterocycles. The molecule has 3 rings (SSSR count). The Labute approximate surface area is 171 Å². The van der Waals surface area contributed by atoms with Gasteiger partial charge in [-0.1, -0.05) is 29.3 Å². The Morgan fingerprint density at radius 3 is 2.21 bits per heavy atom. The number of nitrogens with one attached hydrogen (secondary N) is 2. The molecular formula is C19H13Cl2FN2O3S. The summed E-state index contributed by atoms with van der Waals surface area (Å²) in [5, 5.41) is 3.25. The topological polar surface area (TPSA) is 75.3 Å². The van der Waals surface area contributed by atoms with Gasteiger partial charge in [0, 0.05) is 16.9 Å². The molecule has 0 bridgehead atoms. The van der Waals surface area contributed by atoms with Gasteiger partial charge in [0.1, 0.15) is 5.82 Å². The number of rotatable bonds is 5. The summed E-state index contributed by atoms with van der Waals surface area (Å²) < 4.78 is 40.4. The maximum atomic E-state index is 13.0. The van der Waals surface area contributed by atoms with Crippen LogP contribution >= 0.6 is 23.2 Å². The second-order valence-electron chi connectivity index (χ2n) is 5.72. The molecule has 0 aliphatic heterocycles. The quantitative estimate of drug-likeness (QED) is 0.575. The molecule has 0 aliphatic rings. The average molecular weight is 439 g/mol. The van der Waals surface area contributed by atoms with Gasteiger partial charge < -0.3 is 5.32 Å². The molecule has 0 atom stereocenters. The fourth-order valence-corrected chi connectivity index (χ4v) is 3.72. The van der Waals surface area contributed by atoms with Crippen LogP contribution in [0.1, 0.15) is 10.4 Å². The third kappa shape index (κ3) is 4.81. The van der Waals surface area contributed by atoms with Gasteiger partial charge in [-0.2, -0.15) is 0 Å². The lowest BCUT2D eigenvalue weighted by molar-refractivity contribution is 0.102. The van der Waals surface area contributed by atoms with E-state index in [1.807, 2.05) is 0 Å². The number of amides is 1. The Morgan fingerprint density at radius 1 is 0.857 bits per heavy atom. The summed E-state index contributed by atoms with van der Waals surface area (Å²) in [5.74, 6) is -0.999. The number of anilines is 2. The van der Waals surface area contributed by atoms with Gasteiger partial charge in [-0.25, -0.2) is 12.8 Å². The third-order valence-electron chi connectivity index (χ3n) is 3.68. The van der Waals surface area contributed by atoms with Crippen molar-refractivity contribution in [1.29, 1.82) is 0 Å². The third-order valence-corrected chi connectivity index (χ3v) is 5.80. The minimum Gasteiger partial charge on any atom is -0.322 e. The smallest absolute Gasteiger partial charge is 0.261 e. The molecule has 0 radical (unpaired) electrons. The first-order valence-corrected chi connectivity index (χ1v) is 10.1. The van der Waals surface area contributed by atoms with E-state index in [9.17, 15) is 17.6 Å². The van der Waals surface area contributed by atoms with Crippen LogP contribution in [0, 0.1) is 5.82 Å². The summed E-state index contributed by atoms with van der Waals surface area (Å²) in [4.78, 5) is 12.3. The van der Waals surface area contributed by atoms with Crippen molar-refractivity contribution in [3.63, 3.8) is 0 Å². The van der Waals surface area contributed by atoms with E-state index >= 15 is 0 Å². The standard InChI is InChI=1S/C19H13Cl2FN2O3S/c20-17-9-8-15(11-18(17)21)23-19(25)12-2-1-3-16(10-12)28(26,27)24-14-6-4-13(22)5-7-14/h1-11,24H,(H,23,25). The highest BCUT2D eigenvalue weighted by Crippen LogP contribution is 2.25. The van der Waals surface area contributed by atoms with E-state index in [1.54, 1.807) is 6.07 Å². The monoisotopic (exact) mass is 438 g/mol. The molecule has 0 aliphatic carbocycles. The largest absolute Gasteiger partial charge is 0.322 e. The van der Waals surface area contributed by atoms with Crippen LogP contribution in [0.4, 0.5) is 15.8 Å². The number of carbonyl (C=O) groups is 1. The van der Waals surface area contributed by atoms with Gasteiger partial charge >= 0.3 is 0 Å². The summed E-state index contributed by atoms with van der Waals surface area (Å²) in [6.45, 7) is 0. The van der Waals surface area contributed by atoms with Crippen LogP contribution in [0.2, 0.25) is 10.0 Å². The predicted molar refractivity (Wildman–Crippen MR) is 108 cm³/mol. The van der Waals surface area contributed by atoms with Crippen LogP contribution in [0.3, 0.4) is 0 Å². The highest BCUT2D eigenvalue weighted by Gasteiger charge is 2.17. The maximum absolute atomic E-state index is 13.0. The lowest BCUT2D eigenvalue weighted by atomic mass is 10.2. The molecule has 0 aromatic heterocycles. The number of carbonyl (C=O) groups excluding carboxylic acids is 1. The molecular weight excluding hydrogens is 426 g/mol. The molecule has 0 fully saturated rings. The Balaban J connectivity index is 1.81. The highest BCUT2D eigenvalue weighted by molar-refractivity contribution is 7.92. The number of hydrogen-bond donors (Lipinski definition) is 2. The first kappa shape index (κ1) is 20.1. The van der Waals surface area contributed by atoms with Crippen molar-refractivity contribution in [2.75, 3.05) is 10.0 Å². The van der Waals surface area contributed by atoms with Gasteiger partial charge in [0.2, 0.25) is 0 Å². The van der Waals surface area contributed by atoms with Gasteiger partial charge in [-0.15, -0.1) is 0 Å². The van der Waals surface area contributed by atoms with Crippen molar-refractivity contribution in [3.05, 3.63) is 88.2 Å². The second kappa shape index (κ2) is 8.18. The van der Waals surface area contributed by atoms with Crippen LogP contribution in [-0.4, -0.2) is 14.3 Å². The Morgan fingerprint density at radius 2 is 1.54 bits per heavy atom. The molecule has 0 saturated carbocycles. The summed E-state index contributed by atoms with van der Waals surface area (Å²) in [6, 6.07) is 15.0. The van der Waals surface area contributed by atoms with Crippen LogP contribution in [0.15, 0.2) is 71.6 Å². The average Bonchev–Trinajstić information content (AvgIpc) is 2.66. The minimum atomic E-state index is -3.96. The molecule has 0 unspecified atom stereocenters. The number of hydrogen-bond acceptors (Lipinski definition) is 3. The summed E-state index contributed by atoms with van der Waals surface area (Å²) >= 11 is 11.8. The number of sulfonamides is 1. The normalized spacial score (nSPS) is 11.1. The van der Waals surface area contributed by atoms with Crippen LogP contribution < -0.4 is 10.0 Å². The highest BCUT2D eigenvalue weighted by atomic mass is 35.5. The fraction of sp³-hybridized carbons (Fsp3) is 0.